The zero-order valence-electron chi connectivity index (χ0n) is 17.7. The van der Waals surface area contributed by atoms with Crippen molar-refractivity contribution in [2.75, 3.05) is 18.0 Å². The van der Waals surface area contributed by atoms with Crippen LogP contribution in [-0.4, -0.2) is 41.8 Å². The van der Waals surface area contributed by atoms with E-state index in [1.165, 1.54) is 64.2 Å². The van der Waals surface area contributed by atoms with Crippen LogP contribution in [-0.2, 0) is 4.79 Å². The lowest BCUT2D eigenvalue weighted by Gasteiger charge is -2.40. The number of carbonyl (C=O) groups is 1. The molecule has 2 aliphatic heterocycles. The molecule has 2 heterocycles. The summed E-state index contributed by atoms with van der Waals surface area (Å²) in [7, 11) is 0. The molecule has 2 saturated carbocycles. The average molecular weight is 394 g/mol. The van der Waals surface area contributed by atoms with Crippen LogP contribution in [0.1, 0.15) is 77.0 Å². The molecule has 0 radical (unpaired) electrons. The summed E-state index contributed by atoms with van der Waals surface area (Å²) in [4.78, 5) is 24.2. The highest BCUT2D eigenvalue weighted by Gasteiger charge is 2.60. The normalized spacial score (nSPS) is 29.9. The first-order valence-electron chi connectivity index (χ1n) is 12.0. The van der Waals surface area contributed by atoms with Crippen LogP contribution in [0.3, 0.4) is 0 Å². The number of hydrogen-bond acceptors (Lipinski definition) is 3. The van der Waals surface area contributed by atoms with Gasteiger partial charge >= 0.3 is 0 Å². The molecule has 1 amide bonds. The van der Waals surface area contributed by atoms with Crippen molar-refractivity contribution in [3.05, 3.63) is 30.3 Å². The van der Waals surface area contributed by atoms with E-state index in [0.29, 0.717) is 11.9 Å². The van der Waals surface area contributed by atoms with E-state index < -0.39 is 0 Å². The lowest BCUT2D eigenvalue weighted by atomic mass is 9.69. The molecule has 4 aliphatic rings. The summed E-state index contributed by atoms with van der Waals surface area (Å²) >= 11 is 0. The molecule has 1 spiro atoms. The number of hydrogen-bond donors (Lipinski definition) is 0. The van der Waals surface area contributed by atoms with E-state index in [9.17, 15) is 4.79 Å². The Kier molecular flexibility index (Phi) is 5.47. The number of anilines is 1. The summed E-state index contributed by atoms with van der Waals surface area (Å²) < 4.78 is 0. The maximum Gasteiger partial charge on any atom is 0.240 e. The van der Waals surface area contributed by atoms with Crippen LogP contribution in [0.2, 0.25) is 0 Å². The van der Waals surface area contributed by atoms with Crippen molar-refractivity contribution >= 4 is 17.4 Å². The Bertz CT molecular complexity index is 741. The summed E-state index contributed by atoms with van der Waals surface area (Å²) in [6.07, 6.45) is 14.4. The molecule has 2 saturated heterocycles. The number of amides is 1. The van der Waals surface area contributed by atoms with Crippen molar-refractivity contribution in [2.45, 2.75) is 89.1 Å². The molecule has 0 N–H and O–H groups in total. The predicted molar refractivity (Wildman–Crippen MR) is 118 cm³/mol. The molecule has 5 rings (SSSR count). The van der Waals surface area contributed by atoms with Crippen LogP contribution < -0.4 is 4.90 Å². The van der Waals surface area contributed by atoms with E-state index in [-0.39, 0.29) is 11.5 Å². The maximum absolute atomic E-state index is 14.1. The van der Waals surface area contributed by atoms with Crippen molar-refractivity contribution in [2.24, 2.45) is 10.4 Å². The van der Waals surface area contributed by atoms with Crippen LogP contribution in [0.4, 0.5) is 5.69 Å². The average Bonchev–Trinajstić information content (AvgIpc) is 3.36. The topological polar surface area (TPSA) is 35.9 Å². The fourth-order valence-corrected chi connectivity index (χ4v) is 6.35. The van der Waals surface area contributed by atoms with Crippen LogP contribution in [0.15, 0.2) is 35.3 Å². The number of aliphatic imine (C=N–C) groups is 1. The van der Waals surface area contributed by atoms with Crippen molar-refractivity contribution in [1.29, 1.82) is 0 Å². The second kappa shape index (κ2) is 8.22. The zero-order chi connectivity index (χ0) is 19.7. The largest absolute Gasteiger partial charge is 0.293 e. The van der Waals surface area contributed by atoms with Gasteiger partial charge in [0, 0.05) is 0 Å². The van der Waals surface area contributed by atoms with Crippen molar-refractivity contribution in [3.63, 3.8) is 0 Å². The molecule has 4 fully saturated rings. The van der Waals surface area contributed by atoms with Gasteiger partial charge in [-0.25, -0.2) is 0 Å². The summed E-state index contributed by atoms with van der Waals surface area (Å²) in [5, 5.41) is 0. The molecule has 2 aliphatic carbocycles. The Hall–Kier alpha value is -1.68. The first-order valence-corrected chi connectivity index (χ1v) is 12.0. The number of para-hydroxylation sites is 1. The summed E-state index contributed by atoms with van der Waals surface area (Å²) in [6.45, 7) is 2.23. The minimum Gasteiger partial charge on any atom is -0.293 e. The Balaban J connectivity index is 1.62. The fourth-order valence-electron chi connectivity index (χ4n) is 6.35. The standard InChI is InChI=1S/C25H35N3O/c29-24-25(16-8-3-9-17-25)22(27-18-10-11-19-27)23(26-20-12-4-1-5-13-20)28(24)21-14-6-2-7-15-21/h2,6-7,14-15,20,22H,1,3-5,8-13,16-19H2. The first-order chi connectivity index (χ1) is 14.3. The molecular weight excluding hydrogens is 358 g/mol. The third-order valence-electron chi connectivity index (χ3n) is 7.78. The lowest BCUT2D eigenvalue weighted by Crippen LogP contribution is -2.50. The molecule has 29 heavy (non-hydrogen) atoms. The molecule has 1 aromatic rings. The highest BCUT2D eigenvalue weighted by Crippen LogP contribution is 2.50. The smallest absolute Gasteiger partial charge is 0.240 e. The number of carbonyl (C=O) groups excluding carboxylic acids is 1. The molecule has 1 atom stereocenters. The molecule has 1 unspecified atom stereocenters. The molecule has 4 heteroatoms. The first kappa shape index (κ1) is 19.3. The Morgan fingerprint density at radius 2 is 1.48 bits per heavy atom. The van der Waals surface area contributed by atoms with Gasteiger partial charge in [-0.3, -0.25) is 19.6 Å². The summed E-state index contributed by atoms with van der Waals surface area (Å²) in [5.41, 5.74) is 0.755. The SMILES string of the molecule is O=C1N(c2ccccc2)C(=NC2CCCCC2)C(N2CCCC2)C12CCCCC2. The Labute approximate surface area is 175 Å². The predicted octanol–water partition coefficient (Wildman–Crippen LogP) is 5.18. The second-order valence-corrected chi connectivity index (χ2v) is 9.62. The second-order valence-electron chi connectivity index (χ2n) is 9.62. The van der Waals surface area contributed by atoms with Gasteiger partial charge < -0.3 is 0 Å². The van der Waals surface area contributed by atoms with Gasteiger partial charge in [0.05, 0.1) is 23.2 Å². The Morgan fingerprint density at radius 3 is 2.17 bits per heavy atom. The van der Waals surface area contributed by atoms with E-state index >= 15 is 0 Å². The summed E-state index contributed by atoms with van der Waals surface area (Å²) in [5.74, 6) is 1.41. The van der Waals surface area contributed by atoms with E-state index in [0.717, 1.165) is 37.5 Å². The van der Waals surface area contributed by atoms with E-state index in [2.05, 4.69) is 29.2 Å². The minimum absolute atomic E-state index is 0.180. The van der Waals surface area contributed by atoms with Crippen LogP contribution >= 0.6 is 0 Å². The number of rotatable bonds is 3. The van der Waals surface area contributed by atoms with Gasteiger partial charge in [0.25, 0.3) is 0 Å². The van der Waals surface area contributed by atoms with Crippen LogP contribution in [0.25, 0.3) is 0 Å². The highest BCUT2D eigenvalue weighted by molar-refractivity contribution is 6.27. The molecular formula is C25H35N3O. The van der Waals surface area contributed by atoms with Gasteiger partial charge in [0.15, 0.2) is 0 Å². The summed E-state index contributed by atoms with van der Waals surface area (Å²) in [6, 6.07) is 10.9. The van der Waals surface area contributed by atoms with Crippen molar-refractivity contribution in [3.8, 4) is 0 Å². The quantitative estimate of drug-likeness (QED) is 0.709. The molecule has 0 bridgehead atoms. The number of nitrogens with zero attached hydrogens (tertiary/aromatic N) is 3. The monoisotopic (exact) mass is 393 g/mol. The molecule has 1 aromatic carbocycles. The number of benzene rings is 1. The van der Waals surface area contributed by atoms with E-state index in [4.69, 9.17) is 4.99 Å². The van der Waals surface area contributed by atoms with Gasteiger partial charge in [-0.05, 0) is 63.7 Å². The van der Waals surface area contributed by atoms with Gasteiger partial charge in [-0.15, -0.1) is 0 Å². The molecule has 156 valence electrons. The highest BCUT2D eigenvalue weighted by atomic mass is 16.2. The van der Waals surface area contributed by atoms with Crippen molar-refractivity contribution < 1.29 is 4.79 Å². The van der Waals surface area contributed by atoms with Gasteiger partial charge in [0.2, 0.25) is 5.91 Å². The zero-order valence-corrected chi connectivity index (χ0v) is 17.7. The maximum atomic E-state index is 14.1. The third kappa shape index (κ3) is 3.43. The van der Waals surface area contributed by atoms with E-state index in [1.807, 2.05) is 11.0 Å². The van der Waals surface area contributed by atoms with Gasteiger partial charge in [-0.2, -0.15) is 0 Å². The lowest BCUT2D eigenvalue weighted by molar-refractivity contribution is -0.129. The number of likely N-dealkylation sites (tertiary alicyclic amines) is 1. The fraction of sp³-hybridized carbons (Fsp3) is 0.680. The molecule has 4 nitrogen and oxygen atoms in total. The van der Waals surface area contributed by atoms with E-state index in [1.54, 1.807) is 0 Å². The van der Waals surface area contributed by atoms with Crippen LogP contribution in [0.5, 0.6) is 0 Å². The van der Waals surface area contributed by atoms with Crippen LogP contribution in [0, 0.1) is 5.41 Å². The molecule has 0 aromatic heterocycles. The third-order valence-corrected chi connectivity index (χ3v) is 7.78. The number of amidine groups is 1. The van der Waals surface area contributed by atoms with Gasteiger partial charge in [0.1, 0.15) is 5.84 Å². The Morgan fingerprint density at radius 1 is 0.828 bits per heavy atom. The van der Waals surface area contributed by atoms with Gasteiger partial charge in [-0.1, -0.05) is 56.7 Å². The minimum atomic E-state index is -0.258. The van der Waals surface area contributed by atoms with Crippen molar-refractivity contribution in [1.82, 2.24) is 4.90 Å².